The van der Waals surface area contributed by atoms with Crippen LogP contribution in [0, 0.1) is 0 Å². The van der Waals surface area contributed by atoms with Gasteiger partial charge in [0.15, 0.2) is 11.5 Å². The van der Waals surface area contributed by atoms with Crippen LogP contribution < -0.4 is 18.9 Å². The Morgan fingerprint density at radius 3 is 2.16 bits per heavy atom. The molecule has 0 aliphatic rings. The number of esters is 1. The summed E-state index contributed by atoms with van der Waals surface area (Å²) in [5.41, 5.74) is 1.90. The number of hydrogen-bond donors (Lipinski definition) is 0. The minimum absolute atomic E-state index is 0.448. The lowest BCUT2D eigenvalue weighted by Gasteiger charge is -2.11. The lowest BCUT2D eigenvalue weighted by molar-refractivity contribution is -0.128. The van der Waals surface area contributed by atoms with Gasteiger partial charge in [-0.3, -0.25) is 0 Å². The molecular formula is C26H26O5. The third kappa shape index (κ3) is 6.93. The zero-order chi connectivity index (χ0) is 21.9. The standard InChI is InChI=1S/C26H26O5/c1-3-28-24-16-10-20(18-25(24)29-4-2)11-17-26(27)31-23-14-12-22(13-15-23)30-19-21-8-6-5-7-9-21/h5-18H,3-4,19H2,1-2H3. The van der Waals surface area contributed by atoms with Gasteiger partial charge in [0.05, 0.1) is 13.2 Å². The minimum atomic E-state index is -0.468. The maximum Gasteiger partial charge on any atom is 0.336 e. The van der Waals surface area contributed by atoms with E-state index in [1.165, 1.54) is 6.08 Å². The summed E-state index contributed by atoms with van der Waals surface area (Å²) in [4.78, 5) is 12.2. The Balaban J connectivity index is 1.55. The molecule has 3 aromatic carbocycles. The van der Waals surface area contributed by atoms with Crippen molar-refractivity contribution in [3.05, 3.63) is 90.0 Å². The average Bonchev–Trinajstić information content (AvgIpc) is 2.80. The molecule has 0 aromatic heterocycles. The molecule has 0 spiro atoms. The predicted octanol–water partition coefficient (Wildman–Crippen LogP) is 5.68. The van der Waals surface area contributed by atoms with Gasteiger partial charge in [-0.1, -0.05) is 36.4 Å². The number of rotatable bonds is 10. The zero-order valence-corrected chi connectivity index (χ0v) is 17.7. The van der Waals surface area contributed by atoms with E-state index in [9.17, 15) is 4.79 Å². The first-order chi connectivity index (χ1) is 15.2. The smallest absolute Gasteiger partial charge is 0.336 e. The summed E-state index contributed by atoms with van der Waals surface area (Å²) in [7, 11) is 0. The summed E-state index contributed by atoms with van der Waals surface area (Å²) in [5.74, 6) is 2.01. The Hall–Kier alpha value is -3.73. The van der Waals surface area contributed by atoms with Crippen LogP contribution in [0.3, 0.4) is 0 Å². The van der Waals surface area contributed by atoms with E-state index in [2.05, 4.69) is 0 Å². The lowest BCUT2D eigenvalue weighted by Crippen LogP contribution is -2.03. The van der Waals surface area contributed by atoms with Crippen LogP contribution in [-0.4, -0.2) is 19.2 Å². The molecule has 0 saturated heterocycles. The van der Waals surface area contributed by atoms with Crippen LogP contribution >= 0.6 is 0 Å². The van der Waals surface area contributed by atoms with E-state index < -0.39 is 5.97 Å². The lowest BCUT2D eigenvalue weighted by atomic mass is 10.2. The van der Waals surface area contributed by atoms with Crippen molar-refractivity contribution >= 4 is 12.0 Å². The average molecular weight is 418 g/mol. The van der Waals surface area contributed by atoms with E-state index in [-0.39, 0.29) is 0 Å². The molecule has 3 aromatic rings. The molecule has 0 aliphatic heterocycles. The number of carbonyl (C=O) groups is 1. The van der Waals surface area contributed by atoms with Crippen molar-refractivity contribution in [2.24, 2.45) is 0 Å². The summed E-state index contributed by atoms with van der Waals surface area (Å²) in [6.45, 7) is 5.39. The summed E-state index contributed by atoms with van der Waals surface area (Å²) in [6.07, 6.45) is 3.06. The molecule has 0 radical (unpaired) electrons. The van der Waals surface area contributed by atoms with Crippen molar-refractivity contribution in [2.75, 3.05) is 13.2 Å². The maximum atomic E-state index is 12.2. The second-order valence-electron chi connectivity index (χ2n) is 6.57. The summed E-state index contributed by atoms with van der Waals surface area (Å²) in [5, 5.41) is 0. The van der Waals surface area contributed by atoms with Gasteiger partial charge in [-0.15, -0.1) is 0 Å². The van der Waals surface area contributed by atoms with Gasteiger partial charge in [-0.05, 0) is 67.4 Å². The number of benzene rings is 3. The fourth-order valence-electron chi connectivity index (χ4n) is 2.83. The molecule has 0 aliphatic carbocycles. The third-order valence-corrected chi connectivity index (χ3v) is 4.27. The number of carbonyl (C=O) groups excluding carboxylic acids is 1. The van der Waals surface area contributed by atoms with Crippen molar-refractivity contribution in [1.82, 2.24) is 0 Å². The third-order valence-electron chi connectivity index (χ3n) is 4.27. The quantitative estimate of drug-likeness (QED) is 0.241. The van der Waals surface area contributed by atoms with E-state index in [4.69, 9.17) is 18.9 Å². The molecule has 0 fully saturated rings. The van der Waals surface area contributed by atoms with Crippen LogP contribution in [0.25, 0.3) is 6.08 Å². The van der Waals surface area contributed by atoms with Crippen LogP contribution in [0.15, 0.2) is 78.9 Å². The molecule has 0 unspecified atom stereocenters. The van der Waals surface area contributed by atoms with Crippen molar-refractivity contribution in [3.63, 3.8) is 0 Å². The van der Waals surface area contributed by atoms with Crippen molar-refractivity contribution in [1.29, 1.82) is 0 Å². The predicted molar refractivity (Wildman–Crippen MR) is 121 cm³/mol. The van der Waals surface area contributed by atoms with Gasteiger partial charge >= 0.3 is 5.97 Å². The van der Waals surface area contributed by atoms with E-state index in [1.54, 1.807) is 30.3 Å². The Morgan fingerprint density at radius 2 is 1.45 bits per heavy atom. The Labute approximate surface area is 182 Å². The van der Waals surface area contributed by atoms with Crippen molar-refractivity contribution in [3.8, 4) is 23.0 Å². The van der Waals surface area contributed by atoms with Crippen LogP contribution in [0.4, 0.5) is 0 Å². The van der Waals surface area contributed by atoms with Gasteiger partial charge in [-0.25, -0.2) is 4.79 Å². The molecule has 0 heterocycles. The molecule has 0 saturated carbocycles. The zero-order valence-electron chi connectivity index (χ0n) is 17.7. The largest absolute Gasteiger partial charge is 0.490 e. The Morgan fingerprint density at radius 1 is 0.774 bits per heavy atom. The van der Waals surface area contributed by atoms with Gasteiger partial charge in [0.25, 0.3) is 0 Å². The highest BCUT2D eigenvalue weighted by molar-refractivity contribution is 5.88. The van der Waals surface area contributed by atoms with Crippen LogP contribution in [0.1, 0.15) is 25.0 Å². The topological polar surface area (TPSA) is 54.0 Å². The molecule has 0 atom stereocenters. The molecule has 0 bridgehead atoms. The molecule has 0 amide bonds. The van der Waals surface area contributed by atoms with E-state index in [0.717, 1.165) is 11.1 Å². The number of ether oxygens (including phenoxy) is 4. The number of hydrogen-bond acceptors (Lipinski definition) is 5. The van der Waals surface area contributed by atoms with Gasteiger partial charge in [0.2, 0.25) is 0 Å². The molecule has 5 nitrogen and oxygen atoms in total. The first kappa shape index (κ1) is 22.0. The van der Waals surface area contributed by atoms with Crippen molar-refractivity contribution < 1.29 is 23.7 Å². The normalized spacial score (nSPS) is 10.6. The summed E-state index contributed by atoms with van der Waals surface area (Å²) >= 11 is 0. The first-order valence-corrected chi connectivity index (χ1v) is 10.2. The molecule has 31 heavy (non-hydrogen) atoms. The van der Waals surface area contributed by atoms with Gasteiger partial charge in [-0.2, -0.15) is 0 Å². The molecule has 0 N–H and O–H groups in total. The van der Waals surface area contributed by atoms with E-state index in [1.807, 2.05) is 62.4 Å². The maximum absolute atomic E-state index is 12.2. The Kier molecular flexibility index (Phi) is 8.12. The molecular weight excluding hydrogens is 392 g/mol. The monoisotopic (exact) mass is 418 g/mol. The van der Waals surface area contributed by atoms with Gasteiger partial charge in [0.1, 0.15) is 18.1 Å². The SMILES string of the molecule is CCOc1ccc(C=CC(=O)Oc2ccc(OCc3ccccc3)cc2)cc1OCC. The van der Waals surface area contributed by atoms with Crippen LogP contribution in [0.5, 0.6) is 23.0 Å². The Bertz CT molecular complexity index is 994. The van der Waals surface area contributed by atoms with Gasteiger partial charge < -0.3 is 18.9 Å². The summed E-state index contributed by atoms with van der Waals surface area (Å²) < 4.78 is 22.3. The highest BCUT2D eigenvalue weighted by Crippen LogP contribution is 2.29. The molecule has 3 rings (SSSR count). The fraction of sp³-hybridized carbons (Fsp3) is 0.192. The fourth-order valence-corrected chi connectivity index (χ4v) is 2.83. The minimum Gasteiger partial charge on any atom is -0.490 e. The second-order valence-corrected chi connectivity index (χ2v) is 6.57. The van der Waals surface area contributed by atoms with Crippen molar-refractivity contribution in [2.45, 2.75) is 20.5 Å². The first-order valence-electron chi connectivity index (χ1n) is 10.2. The highest BCUT2D eigenvalue weighted by Gasteiger charge is 2.06. The molecule has 5 heteroatoms. The van der Waals surface area contributed by atoms with Crippen LogP contribution in [-0.2, 0) is 11.4 Å². The summed E-state index contributed by atoms with van der Waals surface area (Å²) in [6, 6.07) is 22.4. The van der Waals surface area contributed by atoms with E-state index in [0.29, 0.717) is 42.8 Å². The second kappa shape index (κ2) is 11.5. The van der Waals surface area contributed by atoms with Gasteiger partial charge in [0, 0.05) is 6.08 Å². The molecule has 160 valence electrons. The van der Waals surface area contributed by atoms with Crippen LogP contribution in [0.2, 0.25) is 0 Å². The van der Waals surface area contributed by atoms with E-state index >= 15 is 0 Å². The highest BCUT2D eigenvalue weighted by atomic mass is 16.5.